The summed E-state index contributed by atoms with van der Waals surface area (Å²) < 4.78 is 5.83. The lowest BCUT2D eigenvalue weighted by atomic mass is 9.91. The highest BCUT2D eigenvalue weighted by atomic mass is 16.6. The first-order chi connectivity index (χ1) is 17.0. The Hall–Kier alpha value is -4.00. The van der Waals surface area contributed by atoms with Gasteiger partial charge in [-0.3, -0.25) is 14.6 Å². The minimum Gasteiger partial charge on any atom is -0.449 e. The molecule has 1 saturated heterocycles. The fraction of sp³-hybridized carbons (Fsp3) is 0.286. The number of nitrogens with zero attached hydrogens (tertiary/aromatic N) is 2. The van der Waals surface area contributed by atoms with E-state index in [0.29, 0.717) is 30.6 Å². The Labute approximate surface area is 203 Å². The number of hydrogen-bond acceptors (Lipinski definition) is 5. The van der Waals surface area contributed by atoms with Crippen molar-refractivity contribution in [3.8, 4) is 11.3 Å². The summed E-state index contributed by atoms with van der Waals surface area (Å²) in [6.45, 7) is 0.970. The van der Waals surface area contributed by atoms with E-state index in [4.69, 9.17) is 4.74 Å². The van der Waals surface area contributed by atoms with E-state index in [2.05, 4.69) is 10.3 Å². The lowest BCUT2D eigenvalue weighted by molar-refractivity contribution is -0.134. The van der Waals surface area contributed by atoms with Gasteiger partial charge in [0.15, 0.2) is 5.60 Å². The zero-order chi connectivity index (χ0) is 24.2. The second-order valence-electron chi connectivity index (χ2n) is 9.58. The molecule has 1 N–H and O–H groups in total. The van der Waals surface area contributed by atoms with Gasteiger partial charge in [0.25, 0.3) is 5.91 Å². The van der Waals surface area contributed by atoms with Crippen LogP contribution in [-0.4, -0.2) is 47.8 Å². The summed E-state index contributed by atoms with van der Waals surface area (Å²) >= 11 is 0. The molecule has 2 aromatic carbocycles. The van der Waals surface area contributed by atoms with Crippen LogP contribution in [0.2, 0.25) is 0 Å². The summed E-state index contributed by atoms with van der Waals surface area (Å²) in [6, 6.07) is 19.0. The summed E-state index contributed by atoms with van der Waals surface area (Å²) in [5, 5.41) is 2.59. The molecule has 2 aliphatic heterocycles. The van der Waals surface area contributed by atoms with Crippen molar-refractivity contribution in [1.82, 2.24) is 15.2 Å². The first kappa shape index (κ1) is 21.5. The van der Waals surface area contributed by atoms with E-state index in [-0.39, 0.29) is 17.8 Å². The molecule has 1 saturated carbocycles. The number of benzene rings is 2. The first-order valence-corrected chi connectivity index (χ1v) is 11.9. The van der Waals surface area contributed by atoms with Crippen LogP contribution in [0.5, 0.6) is 0 Å². The van der Waals surface area contributed by atoms with Crippen LogP contribution in [0.25, 0.3) is 11.3 Å². The van der Waals surface area contributed by atoms with Crippen LogP contribution in [0.1, 0.15) is 51.1 Å². The number of aromatic nitrogens is 1. The van der Waals surface area contributed by atoms with Gasteiger partial charge in [-0.1, -0.05) is 42.5 Å². The maximum atomic E-state index is 13.7. The Bertz CT molecular complexity index is 1350. The summed E-state index contributed by atoms with van der Waals surface area (Å²) in [5.41, 5.74) is 3.46. The predicted molar refractivity (Wildman–Crippen MR) is 129 cm³/mol. The Morgan fingerprint density at radius 2 is 1.77 bits per heavy atom. The highest BCUT2D eigenvalue weighted by molar-refractivity contribution is 5.96. The monoisotopic (exact) mass is 467 g/mol. The highest BCUT2D eigenvalue weighted by Crippen LogP contribution is 2.52. The molecule has 1 atom stereocenters. The van der Waals surface area contributed by atoms with Gasteiger partial charge in [-0.05, 0) is 36.6 Å². The molecule has 0 radical (unpaired) electrons. The van der Waals surface area contributed by atoms with Gasteiger partial charge in [-0.15, -0.1) is 0 Å². The summed E-state index contributed by atoms with van der Waals surface area (Å²) in [6.07, 6.45) is 3.80. The molecule has 6 rings (SSSR count). The van der Waals surface area contributed by atoms with Crippen molar-refractivity contribution in [2.75, 3.05) is 20.1 Å². The number of ether oxygens (including phenoxy) is 1. The van der Waals surface area contributed by atoms with Gasteiger partial charge in [-0.2, -0.15) is 0 Å². The molecule has 2 amide bonds. The average Bonchev–Trinajstić information content (AvgIpc) is 3.54. The van der Waals surface area contributed by atoms with E-state index < -0.39 is 11.0 Å². The van der Waals surface area contributed by atoms with E-state index in [1.807, 2.05) is 53.4 Å². The zero-order valence-corrected chi connectivity index (χ0v) is 19.4. The molecule has 2 fully saturated rings. The van der Waals surface area contributed by atoms with Gasteiger partial charge >= 0.3 is 5.97 Å². The number of nitrogens with one attached hydrogen (secondary N) is 1. The minimum atomic E-state index is -0.726. The molecule has 1 aromatic heterocycles. The highest BCUT2D eigenvalue weighted by Gasteiger charge is 2.57. The van der Waals surface area contributed by atoms with Gasteiger partial charge in [0.1, 0.15) is 0 Å². The number of esters is 1. The molecular weight excluding hydrogens is 442 g/mol. The van der Waals surface area contributed by atoms with Crippen molar-refractivity contribution in [2.24, 2.45) is 0 Å². The molecule has 1 aliphatic carbocycles. The Kier molecular flexibility index (Phi) is 4.78. The van der Waals surface area contributed by atoms with Crippen molar-refractivity contribution < 1.29 is 19.1 Å². The maximum Gasteiger partial charge on any atom is 0.339 e. The maximum absolute atomic E-state index is 13.7. The summed E-state index contributed by atoms with van der Waals surface area (Å²) in [7, 11) is 1.59. The number of pyridine rings is 1. The smallest absolute Gasteiger partial charge is 0.339 e. The molecule has 0 bridgehead atoms. The molecular formula is C28H25N3O4. The quantitative estimate of drug-likeness (QED) is 0.594. The SMILES string of the molecule is CNC(=O)c1ccc(-c2ccc(C3(C(=O)N4CC[C@@]5(C4)OC(=O)c4ccccc45)CC3)cc2)nc1. The van der Waals surface area contributed by atoms with Crippen molar-refractivity contribution in [2.45, 2.75) is 30.3 Å². The number of hydrogen-bond donors (Lipinski definition) is 1. The second-order valence-corrected chi connectivity index (χ2v) is 9.58. The van der Waals surface area contributed by atoms with Crippen LogP contribution in [0, 0.1) is 0 Å². The van der Waals surface area contributed by atoms with Gasteiger partial charge < -0.3 is 15.0 Å². The van der Waals surface area contributed by atoms with Crippen LogP contribution >= 0.6 is 0 Å². The van der Waals surface area contributed by atoms with Gasteiger partial charge in [0.05, 0.1) is 28.8 Å². The first-order valence-electron chi connectivity index (χ1n) is 11.9. The van der Waals surface area contributed by atoms with Crippen molar-refractivity contribution >= 4 is 17.8 Å². The average molecular weight is 468 g/mol. The molecule has 7 nitrogen and oxygen atoms in total. The van der Waals surface area contributed by atoms with Crippen molar-refractivity contribution in [3.05, 3.63) is 89.1 Å². The molecule has 3 heterocycles. The lowest BCUT2D eigenvalue weighted by Crippen LogP contribution is -2.40. The van der Waals surface area contributed by atoms with E-state index in [9.17, 15) is 14.4 Å². The third kappa shape index (κ3) is 3.33. The van der Waals surface area contributed by atoms with Crippen LogP contribution in [0.3, 0.4) is 0 Å². The minimum absolute atomic E-state index is 0.107. The molecule has 7 heteroatoms. The summed E-state index contributed by atoms with van der Waals surface area (Å²) in [4.78, 5) is 44.1. The van der Waals surface area contributed by atoms with Crippen LogP contribution in [0.15, 0.2) is 66.9 Å². The fourth-order valence-electron chi connectivity index (χ4n) is 5.46. The van der Waals surface area contributed by atoms with Crippen LogP contribution in [0.4, 0.5) is 0 Å². The van der Waals surface area contributed by atoms with Gasteiger partial charge in [-0.25, -0.2) is 4.79 Å². The second kappa shape index (κ2) is 7.77. The Morgan fingerprint density at radius 3 is 2.46 bits per heavy atom. The fourth-order valence-corrected chi connectivity index (χ4v) is 5.46. The van der Waals surface area contributed by atoms with E-state index in [1.54, 1.807) is 25.4 Å². The molecule has 3 aromatic rings. The third-order valence-corrected chi connectivity index (χ3v) is 7.59. The number of rotatable bonds is 4. The topological polar surface area (TPSA) is 88.6 Å². The number of fused-ring (bicyclic) bond motifs is 2. The third-order valence-electron chi connectivity index (χ3n) is 7.59. The van der Waals surface area contributed by atoms with E-state index in [0.717, 1.165) is 35.2 Å². The van der Waals surface area contributed by atoms with E-state index in [1.165, 1.54) is 0 Å². The normalized spacial score (nSPS) is 21.5. The Morgan fingerprint density at radius 1 is 1.00 bits per heavy atom. The number of likely N-dealkylation sites (tertiary alicyclic amines) is 1. The van der Waals surface area contributed by atoms with Gasteiger partial charge in [0, 0.05) is 37.3 Å². The van der Waals surface area contributed by atoms with Crippen molar-refractivity contribution in [3.63, 3.8) is 0 Å². The molecule has 3 aliphatic rings. The van der Waals surface area contributed by atoms with E-state index >= 15 is 0 Å². The zero-order valence-electron chi connectivity index (χ0n) is 19.4. The standard InChI is InChI=1S/C28H25N3O4/c1-29-24(32)19-8-11-23(30-16-19)18-6-9-20(10-7-18)27(12-13-27)26(34)31-15-14-28(17-31)22-5-3-2-4-21(22)25(33)35-28/h2-11,16H,12-15,17H2,1H3,(H,29,32)/t28-/m0/s1. The van der Waals surface area contributed by atoms with Crippen molar-refractivity contribution in [1.29, 1.82) is 0 Å². The molecule has 0 unspecified atom stereocenters. The number of carbonyl (C=O) groups excluding carboxylic acids is 3. The molecule has 35 heavy (non-hydrogen) atoms. The molecule has 176 valence electrons. The number of carbonyl (C=O) groups is 3. The number of amides is 2. The Balaban J connectivity index is 1.20. The molecule has 1 spiro atoms. The van der Waals surface area contributed by atoms with Crippen LogP contribution < -0.4 is 5.32 Å². The lowest BCUT2D eigenvalue weighted by Gasteiger charge is -2.27. The largest absolute Gasteiger partial charge is 0.449 e. The summed E-state index contributed by atoms with van der Waals surface area (Å²) in [5.74, 6) is -0.368. The van der Waals surface area contributed by atoms with Crippen LogP contribution in [-0.2, 0) is 20.5 Å². The van der Waals surface area contributed by atoms with Gasteiger partial charge in [0.2, 0.25) is 5.91 Å². The predicted octanol–water partition coefficient (Wildman–Crippen LogP) is 3.44.